The van der Waals surface area contributed by atoms with Gasteiger partial charge in [0.25, 0.3) is 5.91 Å². The van der Waals surface area contributed by atoms with Crippen LogP contribution in [0.2, 0.25) is 0 Å². The molecule has 1 saturated heterocycles. The molecule has 126 valence electrons. The molecular formula is C15H21N3O4S. The summed E-state index contributed by atoms with van der Waals surface area (Å²) in [6.45, 7) is 3.75. The van der Waals surface area contributed by atoms with Crippen molar-refractivity contribution in [3.05, 3.63) is 29.8 Å². The predicted molar refractivity (Wildman–Crippen MR) is 88.3 cm³/mol. The number of nitrogens with one attached hydrogen (secondary N) is 3. The van der Waals surface area contributed by atoms with Crippen molar-refractivity contribution in [3.8, 4) is 0 Å². The Morgan fingerprint density at radius 3 is 2.35 bits per heavy atom. The zero-order valence-electron chi connectivity index (χ0n) is 13.1. The molecule has 1 atom stereocenters. The van der Waals surface area contributed by atoms with Gasteiger partial charge in [0.15, 0.2) is 9.84 Å². The number of rotatable bonds is 4. The molecule has 1 heterocycles. The number of amides is 3. The van der Waals surface area contributed by atoms with Gasteiger partial charge in [0.2, 0.25) is 0 Å². The van der Waals surface area contributed by atoms with Crippen LogP contribution in [0.25, 0.3) is 0 Å². The van der Waals surface area contributed by atoms with Crippen LogP contribution in [-0.4, -0.2) is 43.9 Å². The summed E-state index contributed by atoms with van der Waals surface area (Å²) < 4.78 is 22.7. The van der Waals surface area contributed by atoms with Gasteiger partial charge >= 0.3 is 6.03 Å². The van der Waals surface area contributed by atoms with E-state index in [9.17, 15) is 18.0 Å². The van der Waals surface area contributed by atoms with Gasteiger partial charge in [-0.15, -0.1) is 0 Å². The SMILES string of the molecule is CC(C)NC(=O)c1ccc(NC(=O)N[C@@H]2CCS(=O)(=O)C2)cc1. The van der Waals surface area contributed by atoms with E-state index in [2.05, 4.69) is 16.0 Å². The molecule has 1 aromatic carbocycles. The van der Waals surface area contributed by atoms with E-state index in [0.29, 0.717) is 17.7 Å². The third kappa shape index (κ3) is 5.24. The van der Waals surface area contributed by atoms with Crippen LogP contribution in [0, 0.1) is 0 Å². The van der Waals surface area contributed by atoms with E-state index < -0.39 is 15.9 Å². The molecule has 1 aliphatic heterocycles. The quantitative estimate of drug-likeness (QED) is 0.765. The third-order valence-electron chi connectivity index (χ3n) is 3.39. The van der Waals surface area contributed by atoms with Gasteiger partial charge in [0, 0.05) is 23.3 Å². The zero-order valence-corrected chi connectivity index (χ0v) is 13.9. The van der Waals surface area contributed by atoms with Crippen LogP contribution in [-0.2, 0) is 9.84 Å². The largest absolute Gasteiger partial charge is 0.350 e. The van der Waals surface area contributed by atoms with Crippen molar-refractivity contribution >= 4 is 27.5 Å². The lowest BCUT2D eigenvalue weighted by Gasteiger charge is -2.12. The summed E-state index contributed by atoms with van der Waals surface area (Å²) in [7, 11) is -3.03. The molecule has 8 heteroatoms. The average Bonchev–Trinajstić information content (AvgIpc) is 2.77. The van der Waals surface area contributed by atoms with E-state index in [0.717, 1.165) is 0 Å². The smallest absolute Gasteiger partial charge is 0.319 e. The molecule has 0 bridgehead atoms. The first-order valence-corrected chi connectivity index (χ1v) is 9.26. The topological polar surface area (TPSA) is 104 Å². The second-order valence-electron chi connectivity index (χ2n) is 5.90. The van der Waals surface area contributed by atoms with E-state index in [1.165, 1.54) is 0 Å². The molecule has 0 spiro atoms. The van der Waals surface area contributed by atoms with Gasteiger partial charge in [-0.25, -0.2) is 13.2 Å². The highest BCUT2D eigenvalue weighted by Crippen LogP contribution is 2.13. The molecule has 0 unspecified atom stereocenters. The van der Waals surface area contributed by atoms with Crippen LogP contribution >= 0.6 is 0 Å². The fraction of sp³-hybridized carbons (Fsp3) is 0.467. The minimum atomic E-state index is -3.03. The van der Waals surface area contributed by atoms with E-state index in [-0.39, 0.29) is 29.5 Å². The van der Waals surface area contributed by atoms with Crippen LogP contribution in [0.4, 0.5) is 10.5 Å². The maximum Gasteiger partial charge on any atom is 0.319 e. The molecule has 2 rings (SSSR count). The Hall–Kier alpha value is -2.09. The monoisotopic (exact) mass is 339 g/mol. The van der Waals surface area contributed by atoms with Crippen molar-refractivity contribution in [1.82, 2.24) is 10.6 Å². The number of benzene rings is 1. The molecule has 0 radical (unpaired) electrons. The average molecular weight is 339 g/mol. The first kappa shape index (κ1) is 17.3. The van der Waals surface area contributed by atoms with Crippen molar-refractivity contribution in [2.75, 3.05) is 16.8 Å². The zero-order chi connectivity index (χ0) is 17.0. The van der Waals surface area contributed by atoms with Crippen molar-refractivity contribution in [2.24, 2.45) is 0 Å². The molecule has 7 nitrogen and oxygen atoms in total. The molecule has 1 fully saturated rings. The van der Waals surface area contributed by atoms with E-state index in [1.54, 1.807) is 24.3 Å². The first-order chi connectivity index (χ1) is 10.7. The minimum absolute atomic E-state index is 0.0191. The Morgan fingerprint density at radius 2 is 1.83 bits per heavy atom. The molecular weight excluding hydrogens is 318 g/mol. The van der Waals surface area contributed by atoms with Gasteiger partial charge in [0.1, 0.15) is 0 Å². The predicted octanol–water partition coefficient (Wildman–Crippen LogP) is 1.13. The lowest BCUT2D eigenvalue weighted by Crippen LogP contribution is -2.38. The number of hydrogen-bond donors (Lipinski definition) is 3. The second-order valence-corrected chi connectivity index (χ2v) is 8.13. The highest BCUT2D eigenvalue weighted by Gasteiger charge is 2.28. The van der Waals surface area contributed by atoms with Gasteiger partial charge in [-0.3, -0.25) is 4.79 Å². The fourth-order valence-corrected chi connectivity index (χ4v) is 3.99. The van der Waals surface area contributed by atoms with Crippen LogP contribution < -0.4 is 16.0 Å². The Kier molecular flexibility index (Phi) is 5.25. The third-order valence-corrected chi connectivity index (χ3v) is 5.16. The van der Waals surface area contributed by atoms with Gasteiger partial charge < -0.3 is 16.0 Å². The molecule has 3 amide bonds. The Labute approximate surface area is 135 Å². The minimum Gasteiger partial charge on any atom is -0.350 e. The van der Waals surface area contributed by atoms with Crippen LogP contribution in [0.1, 0.15) is 30.6 Å². The maximum absolute atomic E-state index is 11.8. The highest BCUT2D eigenvalue weighted by molar-refractivity contribution is 7.91. The first-order valence-electron chi connectivity index (χ1n) is 7.44. The van der Waals surface area contributed by atoms with Crippen molar-refractivity contribution in [1.29, 1.82) is 0 Å². The van der Waals surface area contributed by atoms with Crippen LogP contribution in [0.5, 0.6) is 0 Å². The lowest BCUT2D eigenvalue weighted by atomic mass is 10.2. The number of carbonyl (C=O) groups is 2. The summed E-state index contributed by atoms with van der Waals surface area (Å²) >= 11 is 0. The van der Waals surface area contributed by atoms with Crippen molar-refractivity contribution < 1.29 is 18.0 Å². The number of hydrogen-bond acceptors (Lipinski definition) is 4. The van der Waals surface area contributed by atoms with Crippen LogP contribution in [0.15, 0.2) is 24.3 Å². The summed E-state index contributed by atoms with van der Waals surface area (Å²) in [5, 5.41) is 8.04. The summed E-state index contributed by atoms with van der Waals surface area (Å²) in [6, 6.07) is 5.73. The number of urea groups is 1. The number of carbonyl (C=O) groups excluding carboxylic acids is 2. The maximum atomic E-state index is 11.8. The standard InChI is InChI=1S/C15H21N3O4S/c1-10(2)16-14(19)11-3-5-12(6-4-11)17-15(20)18-13-7-8-23(21,22)9-13/h3-6,10,13H,7-9H2,1-2H3,(H,16,19)(H2,17,18,20)/t13-/m1/s1. The molecule has 1 aliphatic rings. The van der Waals surface area contributed by atoms with E-state index in [4.69, 9.17) is 0 Å². The molecule has 0 aromatic heterocycles. The molecule has 23 heavy (non-hydrogen) atoms. The van der Waals surface area contributed by atoms with Crippen molar-refractivity contribution in [3.63, 3.8) is 0 Å². The summed E-state index contributed by atoms with van der Waals surface area (Å²) in [6.07, 6.45) is 0.435. The molecule has 0 saturated carbocycles. The second kappa shape index (κ2) is 6.99. The van der Waals surface area contributed by atoms with Gasteiger partial charge in [-0.05, 0) is 44.5 Å². The fourth-order valence-electron chi connectivity index (χ4n) is 2.31. The normalized spacial score (nSPS) is 19.3. The van der Waals surface area contributed by atoms with Gasteiger partial charge in [-0.2, -0.15) is 0 Å². The summed E-state index contributed by atoms with van der Waals surface area (Å²) in [4.78, 5) is 23.7. The Bertz CT molecular complexity index is 683. The summed E-state index contributed by atoms with van der Waals surface area (Å²) in [5.74, 6) is -0.0843. The van der Waals surface area contributed by atoms with Gasteiger partial charge in [0.05, 0.1) is 11.5 Å². The summed E-state index contributed by atoms with van der Waals surface area (Å²) in [5.41, 5.74) is 1.04. The molecule has 3 N–H and O–H groups in total. The van der Waals surface area contributed by atoms with Gasteiger partial charge in [-0.1, -0.05) is 0 Å². The number of sulfone groups is 1. The van der Waals surface area contributed by atoms with Crippen molar-refractivity contribution in [2.45, 2.75) is 32.4 Å². The van der Waals surface area contributed by atoms with Crippen LogP contribution in [0.3, 0.4) is 0 Å². The molecule has 1 aromatic rings. The lowest BCUT2D eigenvalue weighted by molar-refractivity contribution is 0.0943. The Morgan fingerprint density at radius 1 is 1.17 bits per heavy atom. The molecule has 0 aliphatic carbocycles. The van der Waals surface area contributed by atoms with E-state index >= 15 is 0 Å². The van der Waals surface area contributed by atoms with E-state index in [1.807, 2.05) is 13.8 Å². The Balaban J connectivity index is 1.88. The number of anilines is 1. The highest BCUT2D eigenvalue weighted by atomic mass is 32.2.